The summed E-state index contributed by atoms with van der Waals surface area (Å²) in [5, 5.41) is 3.22. The Balaban J connectivity index is 1.95. The number of carbonyl (C=O) groups is 2. The highest BCUT2D eigenvalue weighted by Crippen LogP contribution is 2.33. The molecule has 2 aromatic rings. The number of aryl methyl sites for hydroxylation is 2. The lowest BCUT2D eigenvalue weighted by Gasteiger charge is -2.07. The van der Waals surface area contributed by atoms with Crippen LogP contribution in [0.2, 0.25) is 0 Å². The van der Waals surface area contributed by atoms with E-state index in [-0.39, 0.29) is 5.91 Å². The van der Waals surface area contributed by atoms with Crippen LogP contribution in [0.1, 0.15) is 34.0 Å². The molecule has 5 nitrogen and oxygen atoms in total. The van der Waals surface area contributed by atoms with Crippen molar-refractivity contribution in [1.29, 1.82) is 0 Å². The average Bonchev–Trinajstić information content (AvgIpc) is 3.03. The molecule has 0 radical (unpaired) electrons. The number of ether oxygens (including phenoxy) is 1. The molecular formula is C21H20N2O3S. The molecule has 0 spiro atoms. The molecule has 0 aliphatic carbocycles. The van der Waals surface area contributed by atoms with E-state index in [1.54, 1.807) is 24.3 Å². The summed E-state index contributed by atoms with van der Waals surface area (Å²) in [6.45, 7) is 6.04. The first-order chi connectivity index (χ1) is 12.9. The Morgan fingerprint density at radius 3 is 2.56 bits per heavy atom. The Kier molecular flexibility index (Phi) is 5.46. The Labute approximate surface area is 162 Å². The maximum Gasteiger partial charge on any atom is 0.340 e. The minimum Gasteiger partial charge on any atom is -0.465 e. The van der Waals surface area contributed by atoms with Gasteiger partial charge in [0, 0.05) is 0 Å². The summed E-state index contributed by atoms with van der Waals surface area (Å²) in [6.07, 6.45) is 0. The summed E-state index contributed by atoms with van der Waals surface area (Å²) in [5.41, 5.74) is 5.10. The molecule has 1 N–H and O–H groups in total. The van der Waals surface area contributed by atoms with E-state index in [0.717, 1.165) is 11.1 Å². The van der Waals surface area contributed by atoms with E-state index in [0.29, 0.717) is 21.3 Å². The van der Waals surface area contributed by atoms with E-state index in [1.807, 2.05) is 19.1 Å². The van der Waals surface area contributed by atoms with Gasteiger partial charge in [-0.15, -0.1) is 0 Å². The number of rotatable bonds is 3. The zero-order chi connectivity index (χ0) is 19.6. The fourth-order valence-electron chi connectivity index (χ4n) is 2.69. The van der Waals surface area contributed by atoms with Crippen LogP contribution < -0.4 is 5.32 Å². The normalized spacial score (nSPS) is 17.0. The quantitative estimate of drug-likeness (QED) is 0.634. The number of amides is 1. The Bertz CT molecular complexity index is 993. The number of nitrogens with one attached hydrogen (secondary N) is 1. The highest BCUT2D eigenvalue weighted by atomic mass is 32.2. The van der Waals surface area contributed by atoms with Gasteiger partial charge < -0.3 is 10.1 Å². The second-order valence-electron chi connectivity index (χ2n) is 6.24. The van der Waals surface area contributed by atoms with Gasteiger partial charge >= 0.3 is 5.97 Å². The van der Waals surface area contributed by atoms with Crippen molar-refractivity contribution in [3.63, 3.8) is 0 Å². The SMILES string of the molecule is COC(=O)c1ccccc1N=C1NC(=O)/C(=C(\C)c2ccc(C)c(C)c2)S1. The topological polar surface area (TPSA) is 67.8 Å². The number of carbonyl (C=O) groups excluding carboxylic acids is 2. The number of aliphatic imine (C=N–C) groups is 1. The zero-order valence-electron chi connectivity index (χ0n) is 15.6. The van der Waals surface area contributed by atoms with Crippen LogP contribution >= 0.6 is 11.8 Å². The first-order valence-corrected chi connectivity index (χ1v) is 9.26. The zero-order valence-corrected chi connectivity index (χ0v) is 16.4. The van der Waals surface area contributed by atoms with Gasteiger partial charge in [0.05, 0.1) is 23.3 Å². The van der Waals surface area contributed by atoms with Crippen LogP contribution in [0.15, 0.2) is 52.4 Å². The van der Waals surface area contributed by atoms with Crippen molar-refractivity contribution in [3.8, 4) is 0 Å². The van der Waals surface area contributed by atoms with Crippen LogP contribution in [0.25, 0.3) is 5.57 Å². The molecule has 2 aromatic carbocycles. The van der Waals surface area contributed by atoms with Crippen LogP contribution in [0.5, 0.6) is 0 Å². The summed E-state index contributed by atoms with van der Waals surface area (Å²) in [6, 6.07) is 13.0. The molecular weight excluding hydrogens is 360 g/mol. The van der Waals surface area contributed by atoms with Gasteiger partial charge in [-0.1, -0.05) is 30.3 Å². The molecule has 1 saturated heterocycles. The molecule has 6 heteroatoms. The fourth-order valence-corrected chi connectivity index (χ4v) is 3.58. The number of methoxy groups -OCH3 is 1. The molecule has 1 aliphatic rings. The molecule has 27 heavy (non-hydrogen) atoms. The summed E-state index contributed by atoms with van der Waals surface area (Å²) in [4.78, 5) is 29.4. The van der Waals surface area contributed by atoms with Crippen molar-refractivity contribution < 1.29 is 14.3 Å². The van der Waals surface area contributed by atoms with Crippen molar-refractivity contribution in [2.24, 2.45) is 4.99 Å². The van der Waals surface area contributed by atoms with E-state index >= 15 is 0 Å². The van der Waals surface area contributed by atoms with Crippen LogP contribution in [-0.4, -0.2) is 24.2 Å². The maximum atomic E-state index is 12.5. The molecule has 0 saturated carbocycles. The first-order valence-electron chi connectivity index (χ1n) is 8.44. The number of hydrogen-bond acceptors (Lipinski definition) is 5. The summed E-state index contributed by atoms with van der Waals surface area (Å²) in [5.74, 6) is -0.656. The predicted molar refractivity (Wildman–Crippen MR) is 109 cm³/mol. The Morgan fingerprint density at radius 1 is 1.11 bits per heavy atom. The molecule has 138 valence electrons. The lowest BCUT2D eigenvalue weighted by atomic mass is 10.0. The van der Waals surface area contributed by atoms with Crippen molar-refractivity contribution in [2.75, 3.05) is 7.11 Å². The lowest BCUT2D eigenvalue weighted by molar-refractivity contribution is -0.115. The minimum absolute atomic E-state index is 0.190. The smallest absolute Gasteiger partial charge is 0.340 e. The van der Waals surface area contributed by atoms with Gasteiger partial charge in [0.2, 0.25) is 0 Å². The maximum absolute atomic E-state index is 12.5. The lowest BCUT2D eigenvalue weighted by Crippen LogP contribution is -2.19. The summed E-state index contributed by atoms with van der Waals surface area (Å²) >= 11 is 1.27. The van der Waals surface area contributed by atoms with Gasteiger partial charge in [0.15, 0.2) is 5.17 Å². The second kappa shape index (κ2) is 7.80. The first kappa shape index (κ1) is 18.9. The summed E-state index contributed by atoms with van der Waals surface area (Å²) in [7, 11) is 1.33. The third-order valence-corrected chi connectivity index (χ3v) is 5.52. The second-order valence-corrected chi connectivity index (χ2v) is 7.23. The molecule has 1 heterocycles. The molecule has 0 unspecified atom stereocenters. The number of nitrogens with zero attached hydrogens (tertiary/aromatic N) is 1. The highest BCUT2D eigenvalue weighted by Gasteiger charge is 2.27. The largest absolute Gasteiger partial charge is 0.465 e. The molecule has 0 bridgehead atoms. The van der Waals surface area contributed by atoms with Crippen LogP contribution in [0.4, 0.5) is 5.69 Å². The fraction of sp³-hybridized carbons (Fsp3) is 0.190. The number of esters is 1. The molecule has 3 rings (SSSR count). The highest BCUT2D eigenvalue weighted by molar-refractivity contribution is 8.18. The van der Waals surface area contributed by atoms with Crippen LogP contribution in [0.3, 0.4) is 0 Å². The third-order valence-electron chi connectivity index (χ3n) is 4.44. The van der Waals surface area contributed by atoms with Gasteiger partial charge in [-0.3, -0.25) is 4.79 Å². The Hall–Kier alpha value is -2.86. The number of benzene rings is 2. The van der Waals surface area contributed by atoms with Crippen molar-refractivity contribution in [2.45, 2.75) is 20.8 Å². The van der Waals surface area contributed by atoms with E-state index in [2.05, 4.69) is 30.2 Å². The predicted octanol–water partition coefficient (Wildman–Crippen LogP) is 4.37. The summed E-state index contributed by atoms with van der Waals surface area (Å²) < 4.78 is 4.79. The number of hydrogen-bond donors (Lipinski definition) is 1. The van der Waals surface area contributed by atoms with Crippen LogP contribution in [0, 0.1) is 13.8 Å². The number of allylic oxidation sites excluding steroid dienone is 1. The van der Waals surface area contributed by atoms with Crippen molar-refractivity contribution >= 4 is 40.1 Å². The van der Waals surface area contributed by atoms with Crippen molar-refractivity contribution in [1.82, 2.24) is 5.32 Å². The number of thioether (sulfide) groups is 1. The van der Waals surface area contributed by atoms with E-state index in [4.69, 9.17) is 4.74 Å². The molecule has 1 fully saturated rings. The van der Waals surface area contributed by atoms with Gasteiger partial charge in [0.1, 0.15) is 0 Å². The molecule has 1 aliphatic heterocycles. The van der Waals surface area contributed by atoms with E-state index in [9.17, 15) is 9.59 Å². The number of para-hydroxylation sites is 1. The molecule has 0 atom stereocenters. The molecule has 0 aromatic heterocycles. The number of amidine groups is 1. The average molecular weight is 380 g/mol. The van der Waals surface area contributed by atoms with E-state index < -0.39 is 5.97 Å². The van der Waals surface area contributed by atoms with Gasteiger partial charge in [-0.25, -0.2) is 9.79 Å². The Morgan fingerprint density at radius 2 is 1.85 bits per heavy atom. The van der Waals surface area contributed by atoms with Gasteiger partial charge in [-0.05, 0) is 66.9 Å². The van der Waals surface area contributed by atoms with Gasteiger partial charge in [-0.2, -0.15) is 0 Å². The minimum atomic E-state index is -0.466. The van der Waals surface area contributed by atoms with Crippen molar-refractivity contribution in [3.05, 3.63) is 69.6 Å². The molecule has 1 amide bonds. The third kappa shape index (κ3) is 3.95. The standard InChI is InChI=1S/C21H20N2O3S/c1-12-9-10-15(11-13(12)2)14(3)18-19(24)23-21(27-18)22-17-8-6-5-7-16(17)20(25)26-4/h5-11H,1-4H3,(H,22,23,24)/b18-14-. The van der Waals surface area contributed by atoms with Gasteiger partial charge in [0.25, 0.3) is 5.91 Å². The van der Waals surface area contributed by atoms with E-state index in [1.165, 1.54) is 30.0 Å². The van der Waals surface area contributed by atoms with Crippen LogP contribution in [-0.2, 0) is 9.53 Å². The monoisotopic (exact) mass is 380 g/mol.